The fourth-order valence-corrected chi connectivity index (χ4v) is 9.23. The van der Waals surface area contributed by atoms with Crippen LogP contribution in [0.5, 0.6) is 0 Å². The van der Waals surface area contributed by atoms with E-state index in [-0.39, 0.29) is 0 Å². The average Bonchev–Trinajstić information content (AvgIpc) is 3.92. The Morgan fingerprint density at radius 2 is 0.887 bits per heavy atom. The van der Waals surface area contributed by atoms with Gasteiger partial charge in [-0.15, -0.1) is 11.3 Å². The second kappa shape index (κ2) is 11.9. The summed E-state index contributed by atoms with van der Waals surface area (Å²) in [6.07, 6.45) is 0. The van der Waals surface area contributed by atoms with E-state index in [1.54, 1.807) is 0 Å². The number of nitrogens with zero attached hydrogens (tertiary/aromatic N) is 2. The van der Waals surface area contributed by atoms with Gasteiger partial charge >= 0.3 is 0 Å². The molecular weight excluding hydrogens is 661 g/mol. The molecule has 11 rings (SSSR count). The maximum Gasteiger partial charge on any atom is 0.0541 e. The van der Waals surface area contributed by atoms with Crippen LogP contribution in [0, 0.1) is 0 Å². The van der Waals surface area contributed by atoms with Gasteiger partial charge in [0.25, 0.3) is 0 Å². The van der Waals surface area contributed by atoms with Crippen molar-refractivity contribution in [3.05, 3.63) is 194 Å². The predicted molar refractivity (Wildman–Crippen MR) is 227 cm³/mol. The molecule has 53 heavy (non-hydrogen) atoms. The zero-order chi connectivity index (χ0) is 34.9. The zero-order valence-electron chi connectivity index (χ0n) is 28.8. The molecule has 3 aromatic heterocycles. The van der Waals surface area contributed by atoms with Crippen LogP contribution in [0.25, 0.3) is 97.8 Å². The van der Waals surface area contributed by atoms with Gasteiger partial charge in [0.1, 0.15) is 0 Å². The van der Waals surface area contributed by atoms with Crippen molar-refractivity contribution in [2.24, 2.45) is 0 Å². The molecule has 0 unspecified atom stereocenters. The molecule has 3 heteroatoms. The number of fused-ring (bicyclic) bond motifs is 6. The maximum absolute atomic E-state index is 2.45. The van der Waals surface area contributed by atoms with E-state index < -0.39 is 0 Å². The minimum Gasteiger partial charge on any atom is -0.309 e. The molecule has 0 aliphatic carbocycles. The summed E-state index contributed by atoms with van der Waals surface area (Å²) in [5.41, 5.74) is 11.9. The molecule has 8 aromatic carbocycles. The lowest BCUT2D eigenvalue weighted by atomic mass is 10.0. The fourth-order valence-electron chi connectivity index (χ4n) is 8.14. The fraction of sp³-hybridized carbons (Fsp3) is 0. The van der Waals surface area contributed by atoms with Crippen LogP contribution in [0.1, 0.15) is 0 Å². The van der Waals surface area contributed by atoms with E-state index in [2.05, 4.69) is 203 Å². The van der Waals surface area contributed by atoms with Crippen LogP contribution in [0.15, 0.2) is 194 Å². The molecule has 0 fully saturated rings. The Hall–Kier alpha value is -6.68. The molecule has 0 atom stereocenters. The molecule has 0 aliphatic rings. The molecule has 0 radical (unpaired) electrons. The lowest BCUT2D eigenvalue weighted by molar-refractivity contribution is 1.14. The number of aromatic nitrogens is 2. The minimum atomic E-state index is 1.16. The molecule has 0 bridgehead atoms. The Morgan fingerprint density at radius 1 is 0.302 bits per heavy atom. The Bertz CT molecular complexity index is 3160. The summed E-state index contributed by atoms with van der Waals surface area (Å²) in [5.74, 6) is 0. The van der Waals surface area contributed by atoms with Crippen molar-refractivity contribution in [2.75, 3.05) is 0 Å². The molecule has 3 heterocycles. The molecule has 0 N–H and O–H groups in total. The number of hydrogen-bond acceptors (Lipinski definition) is 1. The van der Waals surface area contributed by atoms with Gasteiger partial charge in [-0.05, 0) is 99.8 Å². The second-order valence-electron chi connectivity index (χ2n) is 13.8. The van der Waals surface area contributed by atoms with Crippen LogP contribution < -0.4 is 0 Å². The monoisotopic (exact) mass is 692 g/mol. The summed E-state index contributed by atoms with van der Waals surface area (Å²) in [5, 5.41) is 7.53. The van der Waals surface area contributed by atoms with Crippen molar-refractivity contribution in [1.29, 1.82) is 0 Å². The Balaban J connectivity index is 1.10. The van der Waals surface area contributed by atoms with Gasteiger partial charge < -0.3 is 9.13 Å². The largest absolute Gasteiger partial charge is 0.309 e. The van der Waals surface area contributed by atoms with Gasteiger partial charge in [-0.3, -0.25) is 0 Å². The first kappa shape index (κ1) is 30.0. The van der Waals surface area contributed by atoms with E-state index in [0.717, 1.165) is 5.69 Å². The summed E-state index contributed by atoms with van der Waals surface area (Å²) in [4.78, 5) is 0. The molecule has 0 spiro atoms. The van der Waals surface area contributed by atoms with Crippen molar-refractivity contribution >= 4 is 64.1 Å². The third kappa shape index (κ3) is 4.93. The Kier molecular flexibility index (Phi) is 6.76. The summed E-state index contributed by atoms with van der Waals surface area (Å²) < 4.78 is 7.49. The van der Waals surface area contributed by atoms with Crippen molar-refractivity contribution in [3.63, 3.8) is 0 Å². The highest BCUT2D eigenvalue weighted by atomic mass is 32.1. The molecule has 0 amide bonds. The van der Waals surface area contributed by atoms with E-state index in [0.29, 0.717) is 0 Å². The molecule has 0 saturated heterocycles. The Labute approximate surface area is 311 Å². The van der Waals surface area contributed by atoms with Crippen LogP contribution in [0.3, 0.4) is 0 Å². The summed E-state index contributed by atoms with van der Waals surface area (Å²) >= 11 is 1.86. The normalized spacial score (nSPS) is 11.8. The summed E-state index contributed by atoms with van der Waals surface area (Å²) in [7, 11) is 0. The highest BCUT2D eigenvalue weighted by molar-refractivity contribution is 7.25. The third-order valence-electron chi connectivity index (χ3n) is 10.7. The van der Waals surface area contributed by atoms with E-state index in [4.69, 9.17) is 0 Å². The van der Waals surface area contributed by atoms with Gasteiger partial charge in [-0.2, -0.15) is 0 Å². The van der Waals surface area contributed by atoms with E-state index in [1.165, 1.54) is 92.1 Å². The first-order valence-corrected chi connectivity index (χ1v) is 18.9. The standard InChI is InChI=1S/C50H32N2S/c1-3-12-34(13-4-1)46-30-39-20-19-38(29-48(39)52(46)42-24-26-50-44(32-42)43-17-9-10-18-49(43)53-50)37-22-25-45-40(27-37)31-47(35-14-5-2-6-15-35)51(45)41-23-21-33-11-7-8-16-36(33)28-41/h1-32H. The highest BCUT2D eigenvalue weighted by Gasteiger charge is 2.17. The van der Waals surface area contributed by atoms with E-state index in [1.807, 2.05) is 11.3 Å². The first-order valence-electron chi connectivity index (χ1n) is 18.1. The predicted octanol–water partition coefficient (Wildman–Crippen LogP) is 14.1. The van der Waals surface area contributed by atoms with Crippen LogP contribution >= 0.6 is 11.3 Å². The van der Waals surface area contributed by atoms with Gasteiger partial charge in [-0.25, -0.2) is 0 Å². The molecule has 248 valence electrons. The maximum atomic E-state index is 2.45. The van der Waals surface area contributed by atoms with E-state index >= 15 is 0 Å². The average molecular weight is 693 g/mol. The van der Waals surface area contributed by atoms with Crippen molar-refractivity contribution in [3.8, 4) is 45.0 Å². The van der Waals surface area contributed by atoms with Gasteiger partial charge in [0, 0.05) is 42.3 Å². The van der Waals surface area contributed by atoms with Gasteiger partial charge in [0.05, 0.1) is 22.4 Å². The molecular formula is C50H32N2S. The molecule has 0 aliphatic heterocycles. The lowest BCUT2D eigenvalue weighted by Gasteiger charge is -2.13. The number of benzene rings is 8. The van der Waals surface area contributed by atoms with Crippen LogP contribution in [0.2, 0.25) is 0 Å². The summed E-state index contributed by atoms with van der Waals surface area (Å²) in [6.45, 7) is 0. The quantitative estimate of drug-likeness (QED) is 0.170. The van der Waals surface area contributed by atoms with Crippen molar-refractivity contribution in [2.45, 2.75) is 0 Å². The smallest absolute Gasteiger partial charge is 0.0541 e. The molecule has 11 aromatic rings. The van der Waals surface area contributed by atoms with Crippen LogP contribution in [-0.2, 0) is 0 Å². The van der Waals surface area contributed by atoms with Crippen LogP contribution in [-0.4, -0.2) is 9.13 Å². The topological polar surface area (TPSA) is 9.86 Å². The second-order valence-corrected chi connectivity index (χ2v) is 14.9. The minimum absolute atomic E-state index is 1.16. The van der Waals surface area contributed by atoms with Gasteiger partial charge in [-0.1, -0.05) is 127 Å². The SMILES string of the molecule is c1ccc(-c2cc3cc(-c4ccc5cc(-c6ccccc6)n(-c6ccc7sc8ccccc8c7c6)c5c4)ccc3n2-c2ccc3ccccc3c2)cc1. The van der Waals surface area contributed by atoms with Gasteiger partial charge in [0.2, 0.25) is 0 Å². The first-order chi connectivity index (χ1) is 26.2. The Morgan fingerprint density at radius 3 is 1.70 bits per heavy atom. The zero-order valence-corrected chi connectivity index (χ0v) is 29.6. The lowest BCUT2D eigenvalue weighted by Crippen LogP contribution is -1.97. The number of thiophene rings is 1. The van der Waals surface area contributed by atoms with Crippen LogP contribution in [0.4, 0.5) is 0 Å². The van der Waals surface area contributed by atoms with Gasteiger partial charge in [0.15, 0.2) is 0 Å². The number of rotatable bonds is 5. The van der Waals surface area contributed by atoms with Crippen molar-refractivity contribution in [1.82, 2.24) is 9.13 Å². The molecule has 0 saturated carbocycles. The number of hydrogen-bond donors (Lipinski definition) is 0. The van der Waals surface area contributed by atoms with Crippen molar-refractivity contribution < 1.29 is 0 Å². The summed E-state index contributed by atoms with van der Waals surface area (Å²) in [6, 6.07) is 71.1. The third-order valence-corrected chi connectivity index (χ3v) is 11.8. The molecule has 2 nitrogen and oxygen atoms in total. The van der Waals surface area contributed by atoms with E-state index in [9.17, 15) is 0 Å². The highest BCUT2D eigenvalue weighted by Crippen LogP contribution is 2.40.